The Balaban J connectivity index is 2.17. The molecule has 0 unspecified atom stereocenters. The van der Waals surface area contributed by atoms with Gasteiger partial charge in [0.2, 0.25) is 0 Å². The zero-order valence-electron chi connectivity index (χ0n) is 7.90. The van der Waals surface area contributed by atoms with E-state index in [1.807, 2.05) is 12.1 Å². The number of hydrogen-bond donors (Lipinski definition) is 1. The first-order chi connectivity index (χ1) is 6.92. The first-order valence-corrected chi connectivity index (χ1v) is 5.59. The van der Waals surface area contributed by atoms with Crippen LogP contribution in [-0.4, -0.2) is 13.2 Å². The predicted molar refractivity (Wildman–Crippen MR) is 61.0 cm³/mol. The molecule has 1 heterocycles. The molecule has 2 N–H and O–H groups in total. The number of rotatable bonds is 4. The van der Waals surface area contributed by atoms with E-state index in [1.54, 1.807) is 11.3 Å². The van der Waals surface area contributed by atoms with Crippen LogP contribution in [0.4, 0.5) is 0 Å². The summed E-state index contributed by atoms with van der Waals surface area (Å²) in [5.41, 5.74) is 5.40. The SMILES string of the molecule is NCCCOc1csc2ccccc12. The molecule has 0 aliphatic carbocycles. The van der Waals surface area contributed by atoms with E-state index >= 15 is 0 Å². The van der Waals surface area contributed by atoms with Crippen LogP contribution in [0.1, 0.15) is 6.42 Å². The summed E-state index contributed by atoms with van der Waals surface area (Å²) < 4.78 is 6.90. The molecule has 0 radical (unpaired) electrons. The van der Waals surface area contributed by atoms with Crippen LogP contribution in [0.15, 0.2) is 29.6 Å². The van der Waals surface area contributed by atoms with Gasteiger partial charge in [-0.1, -0.05) is 12.1 Å². The number of hydrogen-bond acceptors (Lipinski definition) is 3. The van der Waals surface area contributed by atoms with Gasteiger partial charge in [0.15, 0.2) is 0 Å². The van der Waals surface area contributed by atoms with Gasteiger partial charge in [-0.25, -0.2) is 0 Å². The van der Waals surface area contributed by atoms with Gasteiger partial charge in [-0.2, -0.15) is 0 Å². The monoisotopic (exact) mass is 207 g/mol. The molecule has 2 rings (SSSR count). The highest BCUT2D eigenvalue weighted by molar-refractivity contribution is 7.17. The second-order valence-corrected chi connectivity index (χ2v) is 4.00. The molecule has 74 valence electrons. The zero-order chi connectivity index (χ0) is 9.80. The summed E-state index contributed by atoms with van der Waals surface area (Å²) in [7, 11) is 0. The molecule has 2 nitrogen and oxygen atoms in total. The number of benzene rings is 1. The van der Waals surface area contributed by atoms with Gasteiger partial charge >= 0.3 is 0 Å². The van der Waals surface area contributed by atoms with Crippen molar-refractivity contribution in [3.05, 3.63) is 29.6 Å². The van der Waals surface area contributed by atoms with E-state index in [1.165, 1.54) is 10.1 Å². The van der Waals surface area contributed by atoms with Crippen molar-refractivity contribution >= 4 is 21.4 Å². The van der Waals surface area contributed by atoms with Crippen LogP contribution in [0.25, 0.3) is 10.1 Å². The molecule has 0 saturated carbocycles. The molecule has 0 aliphatic rings. The van der Waals surface area contributed by atoms with Gasteiger partial charge in [0, 0.05) is 15.5 Å². The lowest BCUT2D eigenvalue weighted by Gasteiger charge is -2.02. The number of thiophene rings is 1. The van der Waals surface area contributed by atoms with Crippen molar-refractivity contribution < 1.29 is 4.74 Å². The van der Waals surface area contributed by atoms with Gasteiger partial charge in [-0.3, -0.25) is 0 Å². The average molecular weight is 207 g/mol. The molecule has 3 heteroatoms. The summed E-state index contributed by atoms with van der Waals surface area (Å²) in [6.45, 7) is 1.39. The fourth-order valence-electron chi connectivity index (χ4n) is 1.33. The maximum Gasteiger partial charge on any atom is 0.137 e. The quantitative estimate of drug-likeness (QED) is 0.782. The molecular weight excluding hydrogens is 194 g/mol. The summed E-state index contributed by atoms with van der Waals surface area (Å²) in [6.07, 6.45) is 0.907. The summed E-state index contributed by atoms with van der Waals surface area (Å²) in [5, 5.41) is 3.26. The largest absolute Gasteiger partial charge is 0.492 e. The smallest absolute Gasteiger partial charge is 0.137 e. The second kappa shape index (κ2) is 4.44. The highest BCUT2D eigenvalue weighted by Crippen LogP contribution is 2.31. The molecule has 0 atom stereocenters. The standard InChI is InChI=1S/C11H13NOS/c12-6-3-7-13-10-8-14-11-5-2-1-4-9(10)11/h1-2,4-5,8H,3,6-7,12H2. The van der Waals surface area contributed by atoms with Crippen LogP contribution in [0.5, 0.6) is 5.75 Å². The minimum absolute atomic E-state index is 0.683. The summed E-state index contributed by atoms with van der Waals surface area (Å²) in [4.78, 5) is 0. The van der Waals surface area contributed by atoms with E-state index in [0.29, 0.717) is 13.2 Å². The lowest BCUT2D eigenvalue weighted by atomic mass is 10.2. The van der Waals surface area contributed by atoms with Gasteiger partial charge in [0.05, 0.1) is 6.61 Å². The molecule has 2 aromatic rings. The van der Waals surface area contributed by atoms with E-state index in [-0.39, 0.29) is 0 Å². The van der Waals surface area contributed by atoms with Gasteiger partial charge in [0.1, 0.15) is 5.75 Å². The first-order valence-electron chi connectivity index (χ1n) is 4.71. The number of ether oxygens (including phenoxy) is 1. The molecule has 0 saturated heterocycles. The van der Waals surface area contributed by atoms with Crippen LogP contribution in [0.2, 0.25) is 0 Å². The van der Waals surface area contributed by atoms with Crippen molar-refractivity contribution in [2.45, 2.75) is 6.42 Å². The average Bonchev–Trinajstić information content (AvgIpc) is 2.63. The fourth-order valence-corrected chi connectivity index (χ4v) is 2.21. The number of fused-ring (bicyclic) bond motifs is 1. The molecule has 0 fully saturated rings. The number of nitrogens with two attached hydrogens (primary N) is 1. The maximum atomic E-state index is 5.63. The Morgan fingerprint density at radius 3 is 3.00 bits per heavy atom. The van der Waals surface area contributed by atoms with E-state index in [2.05, 4.69) is 17.5 Å². The van der Waals surface area contributed by atoms with Crippen LogP contribution in [0.3, 0.4) is 0 Å². The molecule has 0 spiro atoms. The molecule has 0 bridgehead atoms. The third-order valence-corrected chi connectivity index (χ3v) is 2.99. The van der Waals surface area contributed by atoms with E-state index in [4.69, 9.17) is 10.5 Å². The zero-order valence-corrected chi connectivity index (χ0v) is 8.72. The van der Waals surface area contributed by atoms with E-state index in [9.17, 15) is 0 Å². The van der Waals surface area contributed by atoms with Crippen LogP contribution in [-0.2, 0) is 0 Å². The van der Waals surface area contributed by atoms with Gasteiger partial charge in [-0.15, -0.1) is 11.3 Å². The Morgan fingerprint density at radius 1 is 1.29 bits per heavy atom. The summed E-state index contributed by atoms with van der Waals surface area (Å²) in [5.74, 6) is 0.985. The van der Waals surface area contributed by atoms with E-state index in [0.717, 1.165) is 12.2 Å². The minimum Gasteiger partial charge on any atom is -0.492 e. The van der Waals surface area contributed by atoms with Crippen LogP contribution >= 0.6 is 11.3 Å². The summed E-state index contributed by atoms with van der Waals surface area (Å²) in [6, 6.07) is 8.27. The topological polar surface area (TPSA) is 35.2 Å². The van der Waals surface area contributed by atoms with Crippen LogP contribution in [0, 0.1) is 0 Å². The lowest BCUT2D eigenvalue weighted by Crippen LogP contribution is -2.05. The molecule has 1 aromatic heterocycles. The summed E-state index contributed by atoms with van der Waals surface area (Å²) >= 11 is 1.72. The molecule has 0 aliphatic heterocycles. The minimum atomic E-state index is 0.683. The molecule has 14 heavy (non-hydrogen) atoms. The fraction of sp³-hybridized carbons (Fsp3) is 0.273. The van der Waals surface area contributed by atoms with Crippen molar-refractivity contribution in [2.75, 3.05) is 13.2 Å². The Kier molecular flexibility index (Phi) is 3.01. The molecular formula is C11H13NOS. The second-order valence-electron chi connectivity index (χ2n) is 3.09. The van der Waals surface area contributed by atoms with Gasteiger partial charge in [-0.05, 0) is 25.1 Å². The van der Waals surface area contributed by atoms with Gasteiger partial charge in [0.25, 0.3) is 0 Å². The van der Waals surface area contributed by atoms with Crippen LogP contribution < -0.4 is 10.5 Å². The first kappa shape index (κ1) is 9.49. The Hall–Kier alpha value is -1.06. The third-order valence-electron chi connectivity index (χ3n) is 2.05. The Bertz CT molecular complexity index is 410. The maximum absolute atomic E-state index is 5.63. The normalized spacial score (nSPS) is 10.6. The van der Waals surface area contributed by atoms with Gasteiger partial charge < -0.3 is 10.5 Å². The van der Waals surface area contributed by atoms with Crippen molar-refractivity contribution in [3.8, 4) is 5.75 Å². The Labute approximate surface area is 87.3 Å². The lowest BCUT2D eigenvalue weighted by molar-refractivity contribution is 0.318. The van der Waals surface area contributed by atoms with Crippen molar-refractivity contribution in [3.63, 3.8) is 0 Å². The highest BCUT2D eigenvalue weighted by atomic mass is 32.1. The van der Waals surface area contributed by atoms with Crippen molar-refractivity contribution in [1.82, 2.24) is 0 Å². The van der Waals surface area contributed by atoms with E-state index < -0.39 is 0 Å². The molecule has 0 amide bonds. The Morgan fingerprint density at radius 2 is 2.14 bits per heavy atom. The molecule has 1 aromatic carbocycles. The van der Waals surface area contributed by atoms with Crippen molar-refractivity contribution in [2.24, 2.45) is 5.73 Å². The van der Waals surface area contributed by atoms with Crippen molar-refractivity contribution in [1.29, 1.82) is 0 Å². The predicted octanol–water partition coefficient (Wildman–Crippen LogP) is 2.63. The third kappa shape index (κ3) is 1.89. The highest BCUT2D eigenvalue weighted by Gasteiger charge is 2.02.